The van der Waals surface area contributed by atoms with Gasteiger partial charge in [-0.25, -0.2) is 4.79 Å². The van der Waals surface area contributed by atoms with Gasteiger partial charge in [0.05, 0.1) is 6.54 Å². The Morgan fingerprint density at radius 2 is 1.67 bits per heavy atom. The maximum Gasteiger partial charge on any atom is 0.321 e. The first-order chi connectivity index (χ1) is 11.1. The van der Waals surface area contributed by atoms with E-state index < -0.39 is 6.03 Å². The molecule has 1 atom stereocenters. The Morgan fingerprint density at radius 1 is 1.08 bits per heavy atom. The molecule has 0 aromatic heterocycles. The van der Waals surface area contributed by atoms with Crippen molar-refractivity contribution in [3.63, 3.8) is 0 Å². The number of rotatable bonds is 6. The normalized spacial score (nSPS) is 12.8. The summed E-state index contributed by atoms with van der Waals surface area (Å²) in [6.45, 7) is 13.2. The molecule has 24 heavy (non-hydrogen) atoms. The summed E-state index contributed by atoms with van der Waals surface area (Å²) in [5, 5.41) is 8.09. The summed E-state index contributed by atoms with van der Waals surface area (Å²) >= 11 is 0. The highest BCUT2D eigenvalue weighted by Gasteiger charge is 2.19. The summed E-state index contributed by atoms with van der Waals surface area (Å²) in [6, 6.07) is 8.10. The zero-order valence-corrected chi connectivity index (χ0v) is 15.7. The fraction of sp³-hybridized carbons (Fsp3) is 0.579. The fourth-order valence-corrected chi connectivity index (χ4v) is 2.51. The van der Waals surface area contributed by atoms with Gasteiger partial charge < -0.3 is 10.6 Å². The van der Waals surface area contributed by atoms with Crippen molar-refractivity contribution in [1.29, 1.82) is 0 Å². The molecule has 0 saturated heterocycles. The highest BCUT2D eigenvalue weighted by atomic mass is 16.2. The van der Waals surface area contributed by atoms with Crippen LogP contribution in [0.1, 0.15) is 58.7 Å². The average Bonchev–Trinajstić information content (AvgIpc) is 2.46. The molecule has 0 aliphatic carbocycles. The van der Waals surface area contributed by atoms with Crippen molar-refractivity contribution < 1.29 is 9.59 Å². The molecule has 5 nitrogen and oxygen atoms in total. The Kier molecular flexibility index (Phi) is 7.42. The maximum atomic E-state index is 11.8. The first kappa shape index (κ1) is 20.2. The summed E-state index contributed by atoms with van der Waals surface area (Å²) in [6.07, 6.45) is 0. The summed E-state index contributed by atoms with van der Waals surface area (Å²) in [5.74, 6) is -0.0133. The quantitative estimate of drug-likeness (QED) is 0.749. The monoisotopic (exact) mass is 333 g/mol. The van der Waals surface area contributed by atoms with E-state index in [1.54, 1.807) is 6.92 Å². The minimum atomic E-state index is -0.458. The molecule has 1 rings (SSSR count). The lowest BCUT2D eigenvalue weighted by molar-refractivity contribution is -0.119. The Labute approximate surface area is 145 Å². The highest BCUT2D eigenvalue weighted by molar-refractivity contribution is 5.95. The molecule has 134 valence electrons. The zero-order valence-electron chi connectivity index (χ0n) is 15.7. The summed E-state index contributed by atoms with van der Waals surface area (Å²) in [4.78, 5) is 23.2. The number of hydrogen-bond acceptors (Lipinski definition) is 3. The zero-order chi connectivity index (χ0) is 18.3. The van der Waals surface area contributed by atoms with E-state index >= 15 is 0 Å². The lowest BCUT2D eigenvalue weighted by atomic mass is 9.85. The van der Waals surface area contributed by atoms with Crippen LogP contribution in [0.5, 0.6) is 0 Å². The molecular formula is C19H31N3O2. The first-order valence-corrected chi connectivity index (χ1v) is 8.56. The van der Waals surface area contributed by atoms with Crippen molar-refractivity contribution in [1.82, 2.24) is 16.0 Å². The van der Waals surface area contributed by atoms with Crippen LogP contribution in [0, 0.1) is 5.92 Å². The van der Waals surface area contributed by atoms with E-state index in [1.165, 1.54) is 5.56 Å². The van der Waals surface area contributed by atoms with Crippen molar-refractivity contribution in [2.24, 2.45) is 5.92 Å². The van der Waals surface area contributed by atoms with Gasteiger partial charge in [-0.2, -0.15) is 0 Å². The molecule has 0 saturated carbocycles. The lowest BCUT2D eigenvalue weighted by Crippen LogP contribution is -2.44. The van der Waals surface area contributed by atoms with Crippen LogP contribution in [-0.4, -0.2) is 25.0 Å². The molecule has 1 aromatic rings. The highest BCUT2D eigenvalue weighted by Crippen LogP contribution is 2.26. The third-order valence-corrected chi connectivity index (χ3v) is 3.88. The molecular weight excluding hydrogens is 302 g/mol. The summed E-state index contributed by atoms with van der Waals surface area (Å²) in [7, 11) is 0. The largest absolute Gasteiger partial charge is 0.338 e. The predicted molar refractivity (Wildman–Crippen MR) is 97.9 cm³/mol. The van der Waals surface area contributed by atoms with E-state index in [4.69, 9.17) is 0 Å². The van der Waals surface area contributed by atoms with Gasteiger partial charge in [-0.15, -0.1) is 0 Å². The Bertz CT molecular complexity index is 545. The van der Waals surface area contributed by atoms with Gasteiger partial charge >= 0.3 is 6.03 Å². The number of urea groups is 1. The van der Waals surface area contributed by atoms with Gasteiger partial charge in [-0.1, -0.05) is 58.9 Å². The lowest BCUT2D eigenvalue weighted by Gasteiger charge is -2.25. The van der Waals surface area contributed by atoms with Crippen LogP contribution in [0.25, 0.3) is 0 Å². The number of nitrogens with one attached hydrogen (secondary N) is 3. The van der Waals surface area contributed by atoms with Crippen LogP contribution in [0.2, 0.25) is 0 Å². The molecule has 1 aromatic carbocycles. The van der Waals surface area contributed by atoms with Gasteiger partial charge in [0, 0.05) is 12.6 Å². The second-order valence-corrected chi connectivity index (χ2v) is 7.38. The molecule has 0 unspecified atom stereocenters. The van der Waals surface area contributed by atoms with Crippen LogP contribution in [0.4, 0.5) is 4.79 Å². The van der Waals surface area contributed by atoms with Crippen molar-refractivity contribution in [3.05, 3.63) is 35.4 Å². The molecule has 0 aliphatic heterocycles. The molecule has 5 heteroatoms. The summed E-state index contributed by atoms with van der Waals surface area (Å²) < 4.78 is 0. The first-order valence-electron chi connectivity index (χ1n) is 8.56. The SMILES string of the molecule is CCNC(=O)NC(=O)CN[C@@H](c1ccc(C(C)(C)C)cc1)C(C)C. The van der Waals surface area contributed by atoms with E-state index in [2.05, 4.69) is 74.8 Å². The van der Waals surface area contributed by atoms with Gasteiger partial charge in [0.1, 0.15) is 0 Å². The van der Waals surface area contributed by atoms with Crippen LogP contribution in [0.3, 0.4) is 0 Å². The van der Waals surface area contributed by atoms with E-state index in [1.807, 2.05) is 0 Å². The van der Waals surface area contributed by atoms with Gasteiger partial charge in [0.2, 0.25) is 5.91 Å². The number of carbonyl (C=O) groups excluding carboxylic acids is 2. The minimum Gasteiger partial charge on any atom is -0.338 e. The van der Waals surface area contributed by atoms with E-state index in [9.17, 15) is 9.59 Å². The number of benzene rings is 1. The average molecular weight is 333 g/mol. The predicted octanol–water partition coefficient (Wildman–Crippen LogP) is 3.12. The summed E-state index contributed by atoms with van der Waals surface area (Å²) in [5.41, 5.74) is 2.54. The van der Waals surface area contributed by atoms with Crippen molar-refractivity contribution >= 4 is 11.9 Å². The number of carbonyl (C=O) groups is 2. The second kappa shape index (κ2) is 8.83. The fourth-order valence-electron chi connectivity index (χ4n) is 2.51. The number of imide groups is 1. The van der Waals surface area contributed by atoms with Crippen LogP contribution >= 0.6 is 0 Å². The van der Waals surface area contributed by atoms with Gasteiger partial charge in [0.15, 0.2) is 0 Å². The maximum absolute atomic E-state index is 11.8. The van der Waals surface area contributed by atoms with Crippen molar-refractivity contribution in [3.8, 4) is 0 Å². The minimum absolute atomic E-state index is 0.0546. The Balaban J connectivity index is 2.71. The number of amides is 3. The molecule has 0 radical (unpaired) electrons. The van der Waals surface area contributed by atoms with Crippen LogP contribution in [-0.2, 0) is 10.2 Å². The molecule has 0 heterocycles. The Morgan fingerprint density at radius 3 is 2.12 bits per heavy atom. The topological polar surface area (TPSA) is 70.2 Å². The van der Waals surface area contributed by atoms with Gasteiger partial charge in [-0.05, 0) is 29.4 Å². The molecule has 0 fully saturated rings. The van der Waals surface area contributed by atoms with Crippen molar-refractivity contribution in [2.75, 3.05) is 13.1 Å². The smallest absolute Gasteiger partial charge is 0.321 e. The molecule has 0 aliphatic rings. The van der Waals surface area contributed by atoms with Gasteiger partial charge in [-0.3, -0.25) is 10.1 Å². The van der Waals surface area contributed by atoms with Crippen LogP contribution in [0.15, 0.2) is 24.3 Å². The second-order valence-electron chi connectivity index (χ2n) is 7.38. The third-order valence-electron chi connectivity index (χ3n) is 3.88. The van der Waals surface area contributed by atoms with E-state index in [0.717, 1.165) is 5.56 Å². The molecule has 0 bridgehead atoms. The number of hydrogen-bond donors (Lipinski definition) is 3. The molecule has 0 spiro atoms. The Hall–Kier alpha value is -1.88. The molecule has 3 amide bonds. The van der Waals surface area contributed by atoms with E-state index in [-0.39, 0.29) is 23.9 Å². The van der Waals surface area contributed by atoms with E-state index in [0.29, 0.717) is 12.5 Å². The standard InChI is InChI=1S/C19H31N3O2/c1-7-20-18(24)22-16(23)12-21-17(13(2)3)14-8-10-15(11-9-14)19(4,5)6/h8-11,13,17,21H,7,12H2,1-6H3,(H2,20,22,23,24)/t17-/m1/s1. The van der Waals surface area contributed by atoms with Gasteiger partial charge in [0.25, 0.3) is 0 Å². The van der Waals surface area contributed by atoms with Crippen molar-refractivity contribution in [2.45, 2.75) is 53.0 Å². The van der Waals surface area contributed by atoms with Crippen LogP contribution < -0.4 is 16.0 Å². The third kappa shape index (κ3) is 6.32. The molecule has 3 N–H and O–H groups in total.